The Bertz CT molecular complexity index is 526. The summed E-state index contributed by atoms with van der Waals surface area (Å²) in [5.74, 6) is 0. The number of nitrogens with zero attached hydrogens (tertiary/aromatic N) is 2. The van der Waals surface area contributed by atoms with Crippen LogP contribution < -0.4 is 5.73 Å². The van der Waals surface area contributed by atoms with Gasteiger partial charge in [-0.3, -0.25) is 4.68 Å². The summed E-state index contributed by atoms with van der Waals surface area (Å²) >= 11 is 0. The lowest BCUT2D eigenvalue weighted by molar-refractivity contribution is 0.653. The van der Waals surface area contributed by atoms with Crippen molar-refractivity contribution in [3.8, 4) is 11.1 Å². The van der Waals surface area contributed by atoms with Crippen LogP contribution in [0.2, 0.25) is 0 Å². The highest BCUT2D eigenvalue weighted by Crippen LogP contribution is 2.27. The van der Waals surface area contributed by atoms with Gasteiger partial charge >= 0.3 is 0 Å². The molecule has 0 aliphatic heterocycles. The molecule has 0 fully saturated rings. The molecule has 2 rings (SSSR count). The summed E-state index contributed by atoms with van der Waals surface area (Å²) in [5.41, 5.74) is 11.6. The van der Waals surface area contributed by atoms with Gasteiger partial charge in [0.15, 0.2) is 0 Å². The second-order valence-corrected chi connectivity index (χ2v) is 4.34. The molecule has 0 bridgehead atoms. The molecule has 2 N–H and O–H groups in total. The minimum absolute atomic E-state index is 0.578. The first-order valence-electron chi connectivity index (χ1n) is 5.99. The van der Waals surface area contributed by atoms with E-state index in [0.717, 1.165) is 17.8 Å². The van der Waals surface area contributed by atoms with Crippen LogP contribution in [-0.2, 0) is 13.1 Å². The van der Waals surface area contributed by atoms with Crippen molar-refractivity contribution in [2.75, 3.05) is 0 Å². The van der Waals surface area contributed by atoms with E-state index in [4.69, 9.17) is 5.73 Å². The van der Waals surface area contributed by atoms with Crippen LogP contribution in [0.1, 0.15) is 23.7 Å². The van der Waals surface area contributed by atoms with Crippen molar-refractivity contribution in [3.05, 3.63) is 41.2 Å². The zero-order valence-corrected chi connectivity index (χ0v) is 10.7. The zero-order valence-electron chi connectivity index (χ0n) is 10.7. The first-order chi connectivity index (χ1) is 8.15. The summed E-state index contributed by atoms with van der Waals surface area (Å²) in [5, 5.41) is 4.49. The van der Waals surface area contributed by atoms with Crippen molar-refractivity contribution in [3.63, 3.8) is 0 Å². The monoisotopic (exact) mass is 229 g/mol. The van der Waals surface area contributed by atoms with Crippen molar-refractivity contribution >= 4 is 0 Å². The fourth-order valence-corrected chi connectivity index (χ4v) is 2.03. The Hall–Kier alpha value is -1.61. The summed E-state index contributed by atoms with van der Waals surface area (Å²) < 4.78 is 1.97. The predicted octanol–water partition coefficient (Wildman–Crippen LogP) is 2.65. The van der Waals surface area contributed by atoms with Gasteiger partial charge in [-0.05, 0) is 43.5 Å². The Morgan fingerprint density at radius 3 is 2.59 bits per heavy atom. The Morgan fingerprint density at radius 2 is 2.00 bits per heavy atom. The molecule has 0 amide bonds. The van der Waals surface area contributed by atoms with Gasteiger partial charge in [-0.25, -0.2) is 0 Å². The highest BCUT2D eigenvalue weighted by Gasteiger charge is 2.09. The van der Waals surface area contributed by atoms with E-state index in [2.05, 4.69) is 50.3 Å². The fraction of sp³-hybridized carbons (Fsp3) is 0.357. The van der Waals surface area contributed by atoms with E-state index in [-0.39, 0.29) is 0 Å². The quantitative estimate of drug-likeness (QED) is 0.879. The molecule has 0 radical (unpaired) electrons. The number of hydrogen-bond acceptors (Lipinski definition) is 2. The lowest BCUT2D eigenvalue weighted by Crippen LogP contribution is -1.97. The summed E-state index contributed by atoms with van der Waals surface area (Å²) in [6.07, 6.45) is 2.11. The van der Waals surface area contributed by atoms with Gasteiger partial charge in [0.05, 0.1) is 5.69 Å². The summed E-state index contributed by atoms with van der Waals surface area (Å²) in [6, 6.07) is 6.37. The van der Waals surface area contributed by atoms with Gasteiger partial charge in [0.2, 0.25) is 0 Å². The number of nitrogens with two attached hydrogens (primary N) is 1. The van der Waals surface area contributed by atoms with Gasteiger partial charge in [-0.1, -0.05) is 12.1 Å². The van der Waals surface area contributed by atoms with Crippen LogP contribution in [0, 0.1) is 13.8 Å². The van der Waals surface area contributed by atoms with Crippen LogP contribution in [0.5, 0.6) is 0 Å². The Balaban J connectivity index is 2.54. The second kappa shape index (κ2) is 4.72. The van der Waals surface area contributed by atoms with Crippen LogP contribution in [0.3, 0.4) is 0 Å². The average molecular weight is 229 g/mol. The molecule has 0 spiro atoms. The van der Waals surface area contributed by atoms with Crippen molar-refractivity contribution in [1.82, 2.24) is 9.78 Å². The molecule has 1 aromatic heterocycles. The molecule has 0 atom stereocenters. The average Bonchev–Trinajstić information content (AvgIpc) is 2.71. The molecular weight excluding hydrogens is 210 g/mol. The minimum atomic E-state index is 0.578. The van der Waals surface area contributed by atoms with Gasteiger partial charge in [0.1, 0.15) is 0 Å². The molecular formula is C14H19N3. The van der Waals surface area contributed by atoms with Gasteiger partial charge in [-0.2, -0.15) is 5.10 Å². The van der Waals surface area contributed by atoms with Crippen LogP contribution in [-0.4, -0.2) is 9.78 Å². The van der Waals surface area contributed by atoms with Crippen LogP contribution in [0.25, 0.3) is 11.1 Å². The SMILES string of the molecule is CCn1cc(-c2cc(CN)ccc2C)c(C)n1. The summed E-state index contributed by atoms with van der Waals surface area (Å²) in [7, 11) is 0. The lowest BCUT2D eigenvalue weighted by Gasteiger charge is -2.06. The van der Waals surface area contributed by atoms with Crippen molar-refractivity contribution in [1.29, 1.82) is 0 Å². The Morgan fingerprint density at radius 1 is 1.24 bits per heavy atom. The number of rotatable bonds is 3. The van der Waals surface area contributed by atoms with Gasteiger partial charge in [0, 0.05) is 24.8 Å². The largest absolute Gasteiger partial charge is 0.326 e. The van der Waals surface area contributed by atoms with E-state index in [1.165, 1.54) is 16.7 Å². The normalized spacial score (nSPS) is 10.8. The van der Waals surface area contributed by atoms with Crippen molar-refractivity contribution in [2.45, 2.75) is 33.9 Å². The van der Waals surface area contributed by atoms with Crippen molar-refractivity contribution in [2.24, 2.45) is 5.73 Å². The predicted molar refractivity (Wildman–Crippen MR) is 70.7 cm³/mol. The zero-order chi connectivity index (χ0) is 12.4. The Labute approximate surface area is 102 Å². The highest BCUT2D eigenvalue weighted by molar-refractivity contribution is 5.69. The molecule has 2 aromatic rings. The summed E-state index contributed by atoms with van der Waals surface area (Å²) in [6.45, 7) is 7.75. The molecule has 1 aromatic carbocycles. The first kappa shape index (κ1) is 11.9. The van der Waals surface area contributed by atoms with E-state index in [1.807, 2.05) is 4.68 Å². The molecule has 0 saturated heterocycles. The van der Waals surface area contributed by atoms with E-state index in [9.17, 15) is 0 Å². The maximum atomic E-state index is 5.70. The van der Waals surface area contributed by atoms with Crippen LogP contribution >= 0.6 is 0 Å². The highest BCUT2D eigenvalue weighted by atomic mass is 15.3. The number of aryl methyl sites for hydroxylation is 3. The molecule has 0 aliphatic carbocycles. The van der Waals surface area contributed by atoms with E-state index in [1.54, 1.807) is 0 Å². The van der Waals surface area contributed by atoms with Gasteiger partial charge in [-0.15, -0.1) is 0 Å². The smallest absolute Gasteiger partial charge is 0.0672 e. The first-order valence-corrected chi connectivity index (χ1v) is 5.99. The van der Waals surface area contributed by atoms with Crippen LogP contribution in [0.15, 0.2) is 24.4 Å². The number of benzene rings is 1. The molecule has 3 heteroatoms. The van der Waals surface area contributed by atoms with Gasteiger partial charge < -0.3 is 5.73 Å². The van der Waals surface area contributed by atoms with Crippen molar-refractivity contribution < 1.29 is 0 Å². The third-order valence-electron chi connectivity index (χ3n) is 3.10. The molecule has 90 valence electrons. The van der Waals surface area contributed by atoms with E-state index >= 15 is 0 Å². The van der Waals surface area contributed by atoms with Gasteiger partial charge in [0.25, 0.3) is 0 Å². The summed E-state index contributed by atoms with van der Waals surface area (Å²) in [4.78, 5) is 0. The second-order valence-electron chi connectivity index (χ2n) is 4.34. The fourth-order valence-electron chi connectivity index (χ4n) is 2.03. The molecule has 17 heavy (non-hydrogen) atoms. The molecule has 0 aliphatic rings. The molecule has 1 heterocycles. The molecule has 3 nitrogen and oxygen atoms in total. The minimum Gasteiger partial charge on any atom is -0.326 e. The maximum absolute atomic E-state index is 5.70. The number of hydrogen-bond donors (Lipinski definition) is 1. The third-order valence-corrected chi connectivity index (χ3v) is 3.10. The number of aromatic nitrogens is 2. The van der Waals surface area contributed by atoms with Crippen LogP contribution in [0.4, 0.5) is 0 Å². The molecule has 0 unspecified atom stereocenters. The topological polar surface area (TPSA) is 43.8 Å². The Kier molecular flexibility index (Phi) is 3.29. The lowest BCUT2D eigenvalue weighted by atomic mass is 9.99. The third kappa shape index (κ3) is 2.24. The maximum Gasteiger partial charge on any atom is 0.0672 e. The van der Waals surface area contributed by atoms with E-state index < -0.39 is 0 Å². The standard InChI is InChI=1S/C14H19N3/c1-4-17-9-14(11(3)16-17)13-7-12(8-15)6-5-10(13)2/h5-7,9H,4,8,15H2,1-3H3. The molecule has 0 saturated carbocycles. The van der Waals surface area contributed by atoms with E-state index in [0.29, 0.717) is 6.54 Å².